The summed E-state index contributed by atoms with van der Waals surface area (Å²) in [6, 6.07) is 15.4. The van der Waals surface area contributed by atoms with Gasteiger partial charge in [-0.3, -0.25) is 4.98 Å². The van der Waals surface area contributed by atoms with Crippen molar-refractivity contribution in [1.29, 1.82) is 0 Å². The van der Waals surface area contributed by atoms with Crippen LogP contribution < -0.4 is 0 Å². The van der Waals surface area contributed by atoms with Crippen LogP contribution in [0.1, 0.15) is 54.1 Å². The van der Waals surface area contributed by atoms with Crippen LogP contribution >= 0.6 is 0 Å². The van der Waals surface area contributed by atoms with Crippen LogP contribution in [0.15, 0.2) is 60.8 Å². The summed E-state index contributed by atoms with van der Waals surface area (Å²) in [7, 11) is 0. The zero-order valence-electron chi connectivity index (χ0n) is 19.9. The van der Waals surface area contributed by atoms with Crippen LogP contribution in [-0.2, 0) is 32.1 Å². The van der Waals surface area contributed by atoms with Crippen LogP contribution in [0.2, 0.25) is 0 Å². The predicted octanol–water partition coefficient (Wildman–Crippen LogP) is 8.09. The van der Waals surface area contributed by atoms with Crippen molar-refractivity contribution >= 4 is 10.8 Å². The minimum Gasteiger partial charge on any atom is -0.261 e. The van der Waals surface area contributed by atoms with E-state index in [2.05, 4.69) is 24.0 Å². The van der Waals surface area contributed by atoms with Gasteiger partial charge in [0.25, 0.3) is 0 Å². The molecular formula is C30H29F4N. The smallest absolute Gasteiger partial charge is 0.194 e. The lowest BCUT2D eigenvalue weighted by Crippen LogP contribution is -2.00. The second-order valence-electron chi connectivity index (χ2n) is 9.08. The van der Waals surface area contributed by atoms with E-state index in [1.54, 1.807) is 12.1 Å². The van der Waals surface area contributed by atoms with Crippen molar-refractivity contribution in [3.8, 4) is 0 Å². The zero-order chi connectivity index (χ0) is 24.8. The number of aryl methyl sites for hydroxylation is 5. The molecule has 1 aromatic heterocycles. The summed E-state index contributed by atoms with van der Waals surface area (Å²) in [4.78, 5) is 4.59. The van der Waals surface area contributed by atoms with Gasteiger partial charge in [0, 0.05) is 17.3 Å². The molecule has 0 amide bonds. The molecule has 1 nitrogen and oxygen atoms in total. The first-order valence-corrected chi connectivity index (χ1v) is 12.2. The highest BCUT2D eigenvalue weighted by Crippen LogP contribution is 2.25. The molecule has 3 aromatic carbocycles. The Kier molecular flexibility index (Phi) is 8.17. The fraction of sp³-hybridized carbons (Fsp3) is 0.300. The normalized spacial score (nSPS) is 11.3. The Labute approximate surface area is 203 Å². The number of benzene rings is 3. The lowest BCUT2D eigenvalue weighted by molar-refractivity contribution is 0.445. The van der Waals surface area contributed by atoms with Crippen molar-refractivity contribution in [1.82, 2.24) is 4.98 Å². The van der Waals surface area contributed by atoms with E-state index in [0.29, 0.717) is 16.5 Å². The van der Waals surface area contributed by atoms with Gasteiger partial charge in [-0.2, -0.15) is 0 Å². The molecule has 0 spiro atoms. The second kappa shape index (κ2) is 11.5. The molecule has 0 saturated heterocycles. The minimum atomic E-state index is -1.49. The number of rotatable bonds is 10. The molecule has 4 rings (SSSR count). The first kappa shape index (κ1) is 24.9. The molecule has 35 heavy (non-hydrogen) atoms. The summed E-state index contributed by atoms with van der Waals surface area (Å²) < 4.78 is 55.1. The Morgan fingerprint density at radius 3 is 2.09 bits per heavy atom. The van der Waals surface area contributed by atoms with E-state index in [9.17, 15) is 13.2 Å². The molecule has 0 radical (unpaired) electrons. The maximum absolute atomic E-state index is 15.1. The molecule has 0 N–H and O–H groups in total. The van der Waals surface area contributed by atoms with Crippen molar-refractivity contribution in [2.75, 3.05) is 0 Å². The van der Waals surface area contributed by atoms with Crippen molar-refractivity contribution < 1.29 is 17.6 Å². The first-order chi connectivity index (χ1) is 16.9. The number of hydrogen-bond donors (Lipinski definition) is 0. The Hall–Kier alpha value is -3.21. The van der Waals surface area contributed by atoms with Crippen molar-refractivity contribution in [3.63, 3.8) is 0 Å². The Morgan fingerprint density at radius 1 is 0.629 bits per heavy atom. The van der Waals surface area contributed by atoms with Crippen molar-refractivity contribution in [2.45, 2.75) is 58.3 Å². The SMILES string of the molecule is CCCCCc1ccc(CCc2ccc3c(F)c(CCc4cc(F)c(F)c(F)c4)ccc3c2)nc1. The van der Waals surface area contributed by atoms with E-state index in [0.717, 1.165) is 48.0 Å². The topological polar surface area (TPSA) is 12.9 Å². The number of pyridine rings is 1. The van der Waals surface area contributed by atoms with Crippen LogP contribution in [0.3, 0.4) is 0 Å². The quantitative estimate of drug-likeness (QED) is 0.127. The minimum absolute atomic E-state index is 0.207. The Bertz CT molecular complexity index is 1270. The molecule has 182 valence electrons. The summed E-state index contributed by atoms with van der Waals surface area (Å²) in [5.74, 6) is -4.29. The van der Waals surface area contributed by atoms with E-state index in [4.69, 9.17) is 0 Å². The highest BCUT2D eigenvalue weighted by molar-refractivity contribution is 5.84. The van der Waals surface area contributed by atoms with Gasteiger partial charge < -0.3 is 0 Å². The summed E-state index contributed by atoms with van der Waals surface area (Å²) in [6.07, 6.45) is 8.76. The van der Waals surface area contributed by atoms with Gasteiger partial charge in [-0.05, 0) is 84.4 Å². The van der Waals surface area contributed by atoms with Gasteiger partial charge in [0.2, 0.25) is 0 Å². The Morgan fingerprint density at radius 2 is 1.37 bits per heavy atom. The highest BCUT2D eigenvalue weighted by atomic mass is 19.2. The standard InChI is InChI=1S/C30H29F4N/c1-2-3-4-5-21-8-14-25(35-19-21)13-7-20-9-15-26-24(16-20)12-11-23(29(26)33)10-6-22-17-27(31)30(34)28(32)18-22/h8-9,11-12,14-19H,2-7,10,13H2,1H3. The molecular weight excluding hydrogens is 450 g/mol. The molecule has 0 aliphatic carbocycles. The fourth-order valence-electron chi connectivity index (χ4n) is 4.37. The number of aromatic nitrogens is 1. The monoisotopic (exact) mass is 479 g/mol. The number of nitrogens with zero attached hydrogens (tertiary/aromatic N) is 1. The van der Waals surface area contributed by atoms with Crippen LogP contribution in [0, 0.1) is 23.3 Å². The molecule has 0 bridgehead atoms. The highest BCUT2D eigenvalue weighted by Gasteiger charge is 2.13. The van der Waals surface area contributed by atoms with E-state index in [-0.39, 0.29) is 18.7 Å². The zero-order valence-corrected chi connectivity index (χ0v) is 19.9. The molecule has 0 saturated carbocycles. The van der Waals surface area contributed by atoms with E-state index in [1.807, 2.05) is 24.4 Å². The van der Waals surface area contributed by atoms with Gasteiger partial charge in [0.05, 0.1) is 0 Å². The van der Waals surface area contributed by atoms with Gasteiger partial charge in [-0.25, -0.2) is 17.6 Å². The first-order valence-electron chi connectivity index (χ1n) is 12.2. The average Bonchev–Trinajstić information content (AvgIpc) is 2.86. The van der Waals surface area contributed by atoms with Crippen molar-refractivity contribution in [3.05, 3.63) is 112 Å². The van der Waals surface area contributed by atoms with Crippen LogP contribution in [0.4, 0.5) is 17.6 Å². The third kappa shape index (κ3) is 6.27. The summed E-state index contributed by atoms with van der Waals surface area (Å²) in [5, 5.41) is 1.32. The van der Waals surface area contributed by atoms with Crippen LogP contribution in [0.5, 0.6) is 0 Å². The molecule has 5 heteroatoms. The van der Waals surface area contributed by atoms with Gasteiger partial charge in [-0.1, -0.05) is 56.2 Å². The molecule has 0 aliphatic heterocycles. The molecule has 0 fully saturated rings. The van der Waals surface area contributed by atoms with Crippen LogP contribution in [0.25, 0.3) is 10.8 Å². The summed E-state index contributed by atoms with van der Waals surface area (Å²) >= 11 is 0. The fourth-order valence-corrected chi connectivity index (χ4v) is 4.37. The lowest BCUT2D eigenvalue weighted by Gasteiger charge is -2.09. The average molecular weight is 480 g/mol. The van der Waals surface area contributed by atoms with Gasteiger partial charge in [0.1, 0.15) is 5.82 Å². The molecule has 4 aromatic rings. The van der Waals surface area contributed by atoms with Gasteiger partial charge in [-0.15, -0.1) is 0 Å². The predicted molar refractivity (Wildman–Crippen MR) is 133 cm³/mol. The van der Waals surface area contributed by atoms with Crippen molar-refractivity contribution in [2.24, 2.45) is 0 Å². The summed E-state index contributed by atoms with van der Waals surface area (Å²) in [5.41, 5.74) is 4.17. The number of halogens is 4. The van der Waals surface area contributed by atoms with E-state index < -0.39 is 17.5 Å². The molecule has 0 aliphatic rings. The third-order valence-corrected chi connectivity index (χ3v) is 6.45. The van der Waals surface area contributed by atoms with E-state index >= 15 is 4.39 Å². The third-order valence-electron chi connectivity index (χ3n) is 6.45. The van der Waals surface area contributed by atoms with Gasteiger partial charge in [0.15, 0.2) is 17.5 Å². The second-order valence-corrected chi connectivity index (χ2v) is 9.08. The van der Waals surface area contributed by atoms with E-state index in [1.165, 1.54) is 24.8 Å². The number of fused-ring (bicyclic) bond motifs is 1. The molecule has 0 unspecified atom stereocenters. The Balaban J connectivity index is 1.39. The lowest BCUT2D eigenvalue weighted by atomic mass is 9.97. The molecule has 1 heterocycles. The molecule has 0 atom stereocenters. The number of unbranched alkanes of at least 4 members (excludes halogenated alkanes) is 2. The van der Waals surface area contributed by atoms with Gasteiger partial charge >= 0.3 is 0 Å². The maximum atomic E-state index is 15.1. The van der Waals surface area contributed by atoms with Crippen LogP contribution in [-0.4, -0.2) is 4.98 Å². The maximum Gasteiger partial charge on any atom is 0.194 e. The number of hydrogen-bond acceptors (Lipinski definition) is 1. The largest absolute Gasteiger partial charge is 0.261 e. The summed E-state index contributed by atoms with van der Waals surface area (Å²) in [6.45, 7) is 2.20.